The summed E-state index contributed by atoms with van der Waals surface area (Å²) in [7, 11) is 0. The summed E-state index contributed by atoms with van der Waals surface area (Å²) < 4.78 is 0. The van der Waals surface area contributed by atoms with Gasteiger partial charge in [0.05, 0.1) is 17.2 Å². The summed E-state index contributed by atoms with van der Waals surface area (Å²) in [6.07, 6.45) is 0. The number of nitrogens with zero attached hydrogens (tertiary/aromatic N) is 3. The molecular formula is C23H21N3O2. The van der Waals surface area contributed by atoms with Crippen molar-refractivity contribution < 1.29 is 4.92 Å². The summed E-state index contributed by atoms with van der Waals surface area (Å²) in [5.41, 5.74) is 5.46. The van der Waals surface area contributed by atoms with Crippen LogP contribution >= 0.6 is 0 Å². The first-order valence-electron chi connectivity index (χ1n) is 9.32. The zero-order valence-electron chi connectivity index (χ0n) is 15.9. The van der Waals surface area contributed by atoms with Gasteiger partial charge >= 0.3 is 0 Å². The molecule has 4 rings (SSSR count). The van der Waals surface area contributed by atoms with E-state index in [4.69, 9.17) is 4.99 Å². The number of amidine groups is 1. The molecule has 5 heteroatoms. The lowest BCUT2D eigenvalue weighted by Gasteiger charge is -2.20. The smallest absolute Gasteiger partial charge is 0.269 e. The van der Waals surface area contributed by atoms with E-state index in [1.54, 1.807) is 12.1 Å². The van der Waals surface area contributed by atoms with Crippen molar-refractivity contribution in [2.24, 2.45) is 4.99 Å². The number of benzene rings is 3. The Balaban J connectivity index is 1.75. The van der Waals surface area contributed by atoms with Crippen LogP contribution in [0.5, 0.6) is 0 Å². The van der Waals surface area contributed by atoms with Crippen molar-refractivity contribution in [3.63, 3.8) is 0 Å². The number of non-ortho nitro benzene ring substituents is 1. The molecule has 1 aliphatic heterocycles. The summed E-state index contributed by atoms with van der Waals surface area (Å²) >= 11 is 0. The van der Waals surface area contributed by atoms with E-state index in [2.05, 4.69) is 55.1 Å². The van der Waals surface area contributed by atoms with Crippen molar-refractivity contribution in [3.05, 3.63) is 99.6 Å². The van der Waals surface area contributed by atoms with Crippen LogP contribution in [0.1, 0.15) is 36.5 Å². The summed E-state index contributed by atoms with van der Waals surface area (Å²) in [6, 6.07) is 23.2. The van der Waals surface area contributed by atoms with Gasteiger partial charge < -0.3 is 4.90 Å². The maximum atomic E-state index is 10.9. The van der Waals surface area contributed by atoms with Crippen molar-refractivity contribution in [1.82, 2.24) is 0 Å². The lowest BCUT2D eigenvalue weighted by Crippen LogP contribution is -2.24. The molecule has 0 atom stereocenters. The van der Waals surface area contributed by atoms with Gasteiger partial charge in [-0.15, -0.1) is 0 Å². The molecule has 0 aromatic heterocycles. The summed E-state index contributed by atoms with van der Waals surface area (Å²) in [5, 5.41) is 10.9. The normalized spacial score (nSPS) is 14.5. The van der Waals surface area contributed by atoms with Gasteiger partial charge in [-0.1, -0.05) is 50.2 Å². The minimum absolute atomic E-state index is 0.0666. The third-order valence-corrected chi connectivity index (χ3v) is 5.01. The fourth-order valence-corrected chi connectivity index (χ4v) is 3.41. The highest BCUT2D eigenvalue weighted by Gasteiger charge is 2.26. The largest absolute Gasteiger partial charge is 0.321 e. The Kier molecular flexibility index (Phi) is 4.65. The molecule has 3 aromatic carbocycles. The molecule has 0 spiro atoms. The van der Waals surface area contributed by atoms with E-state index in [1.165, 1.54) is 23.3 Å². The second-order valence-corrected chi connectivity index (χ2v) is 7.20. The molecule has 3 aromatic rings. The molecule has 1 heterocycles. The molecule has 0 unspecified atom stereocenters. The quantitative estimate of drug-likeness (QED) is 0.429. The Bertz CT molecular complexity index is 1040. The van der Waals surface area contributed by atoms with E-state index < -0.39 is 4.92 Å². The molecular weight excluding hydrogens is 350 g/mol. The van der Waals surface area contributed by atoms with Crippen molar-refractivity contribution in [2.75, 3.05) is 4.90 Å². The number of hydrogen-bond donors (Lipinski definition) is 0. The highest BCUT2D eigenvalue weighted by atomic mass is 16.6. The molecule has 5 nitrogen and oxygen atoms in total. The van der Waals surface area contributed by atoms with Crippen LogP contribution < -0.4 is 4.90 Å². The van der Waals surface area contributed by atoms with Gasteiger partial charge in [0.15, 0.2) is 0 Å². The molecule has 0 amide bonds. The van der Waals surface area contributed by atoms with Crippen molar-refractivity contribution in [3.8, 4) is 0 Å². The number of nitro groups is 1. The number of fused-ring (bicyclic) bond motifs is 1. The Morgan fingerprint density at radius 1 is 0.964 bits per heavy atom. The van der Waals surface area contributed by atoms with Crippen LogP contribution in [0, 0.1) is 10.1 Å². The molecule has 28 heavy (non-hydrogen) atoms. The average molecular weight is 371 g/mol. The maximum Gasteiger partial charge on any atom is 0.269 e. The fraction of sp³-hybridized carbons (Fsp3) is 0.174. The van der Waals surface area contributed by atoms with Crippen LogP contribution in [0.15, 0.2) is 77.8 Å². The molecule has 0 saturated heterocycles. The number of aliphatic imine (C=N–C) groups is 1. The van der Waals surface area contributed by atoms with Crippen LogP contribution in [0.4, 0.5) is 17.1 Å². The molecule has 0 N–H and O–H groups in total. The van der Waals surface area contributed by atoms with Gasteiger partial charge in [0.2, 0.25) is 0 Å². The number of rotatable bonds is 4. The lowest BCUT2D eigenvalue weighted by atomic mass is 10.0. The van der Waals surface area contributed by atoms with Gasteiger partial charge in [-0.3, -0.25) is 10.1 Å². The van der Waals surface area contributed by atoms with Gasteiger partial charge in [-0.2, -0.15) is 0 Å². The van der Waals surface area contributed by atoms with Gasteiger partial charge in [0, 0.05) is 23.4 Å². The molecule has 140 valence electrons. The van der Waals surface area contributed by atoms with E-state index in [9.17, 15) is 10.1 Å². The van der Waals surface area contributed by atoms with E-state index in [0.29, 0.717) is 11.6 Å². The number of anilines is 1. The third kappa shape index (κ3) is 3.39. The van der Waals surface area contributed by atoms with Crippen LogP contribution in [0.25, 0.3) is 0 Å². The third-order valence-electron chi connectivity index (χ3n) is 5.01. The second-order valence-electron chi connectivity index (χ2n) is 7.20. The van der Waals surface area contributed by atoms with Crippen LogP contribution in [-0.2, 0) is 6.54 Å². The van der Waals surface area contributed by atoms with Crippen LogP contribution in [0.3, 0.4) is 0 Å². The first-order valence-corrected chi connectivity index (χ1v) is 9.32. The first-order chi connectivity index (χ1) is 13.5. The van der Waals surface area contributed by atoms with Gasteiger partial charge in [0.25, 0.3) is 5.69 Å². The highest BCUT2D eigenvalue weighted by molar-refractivity contribution is 6.14. The minimum Gasteiger partial charge on any atom is -0.321 e. The predicted molar refractivity (Wildman–Crippen MR) is 112 cm³/mol. The van der Waals surface area contributed by atoms with E-state index >= 15 is 0 Å². The van der Waals surface area contributed by atoms with E-state index in [1.807, 2.05) is 12.1 Å². The van der Waals surface area contributed by atoms with Gasteiger partial charge in [0.1, 0.15) is 5.84 Å². The molecule has 0 radical (unpaired) electrons. The summed E-state index contributed by atoms with van der Waals surface area (Å²) in [4.78, 5) is 17.5. The predicted octanol–water partition coefficient (Wildman–Crippen LogP) is 5.82. The van der Waals surface area contributed by atoms with E-state index in [-0.39, 0.29) is 5.69 Å². The average Bonchev–Trinajstić information content (AvgIpc) is 3.07. The molecule has 0 aliphatic carbocycles. The molecule has 0 bridgehead atoms. The molecule has 0 saturated carbocycles. The maximum absolute atomic E-state index is 10.9. The zero-order chi connectivity index (χ0) is 19.7. The standard InChI is InChI=1S/C23H21N3O2/c1-16(2)17-7-11-20(12-8-17)25-15-18-5-3-4-6-22(18)23(25)24-19-9-13-21(14-10-19)26(27)28/h3-14,16H,15H2,1-2H3. The molecule has 1 aliphatic rings. The lowest BCUT2D eigenvalue weighted by molar-refractivity contribution is -0.384. The SMILES string of the molecule is CC(C)c1ccc(N2Cc3ccccc3C2=Nc2ccc([N+](=O)[O-])cc2)cc1. The summed E-state index contributed by atoms with van der Waals surface area (Å²) in [5.74, 6) is 1.35. The van der Waals surface area contributed by atoms with Crippen molar-refractivity contribution in [1.29, 1.82) is 0 Å². The highest BCUT2D eigenvalue weighted by Crippen LogP contribution is 2.31. The minimum atomic E-state index is -0.398. The van der Waals surface area contributed by atoms with Gasteiger partial charge in [-0.25, -0.2) is 4.99 Å². The fourth-order valence-electron chi connectivity index (χ4n) is 3.41. The number of hydrogen-bond acceptors (Lipinski definition) is 3. The monoisotopic (exact) mass is 371 g/mol. The molecule has 0 fully saturated rings. The van der Waals surface area contributed by atoms with Crippen molar-refractivity contribution >= 4 is 22.9 Å². The number of nitro benzene ring substituents is 1. The summed E-state index contributed by atoms with van der Waals surface area (Å²) in [6.45, 7) is 5.12. The first kappa shape index (κ1) is 17.9. The van der Waals surface area contributed by atoms with Crippen LogP contribution in [-0.4, -0.2) is 10.8 Å². The second kappa shape index (κ2) is 7.27. The van der Waals surface area contributed by atoms with Crippen LogP contribution in [0.2, 0.25) is 0 Å². The zero-order valence-corrected chi connectivity index (χ0v) is 15.9. The topological polar surface area (TPSA) is 58.7 Å². The van der Waals surface area contributed by atoms with Gasteiger partial charge in [-0.05, 0) is 41.3 Å². The van der Waals surface area contributed by atoms with E-state index in [0.717, 1.165) is 23.6 Å². The Hall–Kier alpha value is -3.47. The Morgan fingerprint density at radius 2 is 1.64 bits per heavy atom. The Morgan fingerprint density at radius 3 is 2.29 bits per heavy atom. The Labute approximate surface area is 164 Å². The van der Waals surface area contributed by atoms with Crippen molar-refractivity contribution in [2.45, 2.75) is 26.3 Å².